The molecule has 0 bridgehead atoms. The number of amides is 1. The van der Waals surface area contributed by atoms with Gasteiger partial charge in [0.05, 0.1) is 25.3 Å². The summed E-state index contributed by atoms with van der Waals surface area (Å²) in [5, 5.41) is 7.26. The van der Waals surface area contributed by atoms with Crippen LogP contribution in [-0.2, 0) is 6.42 Å². The molecule has 0 saturated carbocycles. The van der Waals surface area contributed by atoms with Gasteiger partial charge in [-0.2, -0.15) is 0 Å². The number of aromatic nitrogens is 1. The van der Waals surface area contributed by atoms with E-state index in [1.807, 2.05) is 67.6 Å². The molecule has 4 rings (SSSR count). The fourth-order valence-corrected chi connectivity index (χ4v) is 3.89. The number of hydrogen-bond donors (Lipinski definition) is 2. The molecule has 0 radical (unpaired) electrons. The number of carbonyl (C=O) groups is 1. The predicted octanol–water partition coefficient (Wildman–Crippen LogP) is 5.75. The fourth-order valence-electron chi connectivity index (χ4n) is 3.89. The van der Waals surface area contributed by atoms with Crippen molar-refractivity contribution in [3.05, 3.63) is 90.0 Å². The minimum atomic E-state index is -0.116. The van der Waals surface area contributed by atoms with E-state index < -0.39 is 0 Å². The van der Waals surface area contributed by atoms with Crippen molar-refractivity contribution in [3.63, 3.8) is 0 Å². The van der Waals surface area contributed by atoms with E-state index in [0.717, 1.165) is 29.4 Å². The maximum absolute atomic E-state index is 13.3. The summed E-state index contributed by atoms with van der Waals surface area (Å²) in [6.07, 6.45) is 1.76. The number of benzene rings is 3. The average Bonchev–Trinajstić information content (AvgIpc) is 2.87. The molecule has 1 atom stereocenters. The Labute approximate surface area is 199 Å². The molecule has 1 heterocycles. The van der Waals surface area contributed by atoms with Crippen molar-refractivity contribution in [3.8, 4) is 11.5 Å². The number of methoxy groups -OCH3 is 2. The summed E-state index contributed by atoms with van der Waals surface area (Å²) in [6, 6.07) is 25.3. The first-order valence-electron chi connectivity index (χ1n) is 11.3. The number of carbonyl (C=O) groups excluding carboxylic acids is 1. The summed E-state index contributed by atoms with van der Waals surface area (Å²) in [6.45, 7) is 2.03. The van der Waals surface area contributed by atoms with Crippen molar-refractivity contribution < 1.29 is 14.3 Å². The highest BCUT2D eigenvalue weighted by Crippen LogP contribution is 2.31. The van der Waals surface area contributed by atoms with Gasteiger partial charge in [0.1, 0.15) is 5.82 Å². The summed E-state index contributed by atoms with van der Waals surface area (Å²) >= 11 is 0. The third-order valence-electron chi connectivity index (χ3n) is 5.70. The molecule has 4 aromatic rings. The number of fused-ring (bicyclic) bond motifs is 1. The standard InChI is InChI=1S/C28H29N3O3/c1-19(13-14-20-9-5-4-6-10-20)29-28(32)23-18-27(31-24-12-8-7-11-22(23)24)30-21-15-16-25(33-2)26(17-21)34-3/h4-12,15-19H,13-14H2,1-3H3,(H,29,32)(H,30,31). The maximum Gasteiger partial charge on any atom is 0.252 e. The second kappa shape index (κ2) is 10.7. The van der Waals surface area contributed by atoms with E-state index in [9.17, 15) is 4.79 Å². The van der Waals surface area contributed by atoms with E-state index in [0.29, 0.717) is 22.9 Å². The quantitative estimate of drug-likeness (QED) is 0.336. The van der Waals surface area contributed by atoms with Crippen LogP contribution < -0.4 is 20.1 Å². The first-order chi connectivity index (χ1) is 16.6. The number of anilines is 2. The van der Waals surface area contributed by atoms with Crippen LogP contribution in [0.25, 0.3) is 10.9 Å². The lowest BCUT2D eigenvalue weighted by atomic mass is 10.0. The van der Waals surface area contributed by atoms with Crippen molar-refractivity contribution >= 4 is 28.3 Å². The van der Waals surface area contributed by atoms with E-state index in [2.05, 4.69) is 22.8 Å². The van der Waals surface area contributed by atoms with Gasteiger partial charge in [0.15, 0.2) is 11.5 Å². The molecule has 0 aliphatic rings. The van der Waals surface area contributed by atoms with Crippen LogP contribution in [0.5, 0.6) is 11.5 Å². The predicted molar refractivity (Wildman–Crippen MR) is 136 cm³/mol. The Morgan fingerprint density at radius 2 is 1.65 bits per heavy atom. The lowest BCUT2D eigenvalue weighted by Crippen LogP contribution is -2.33. The van der Waals surface area contributed by atoms with Gasteiger partial charge in [-0.3, -0.25) is 4.79 Å². The molecule has 0 saturated heterocycles. The Hall–Kier alpha value is -4.06. The smallest absolute Gasteiger partial charge is 0.252 e. The molecule has 0 aliphatic heterocycles. The Bertz CT molecular complexity index is 1270. The summed E-state index contributed by atoms with van der Waals surface area (Å²) < 4.78 is 10.7. The Balaban J connectivity index is 1.55. The van der Waals surface area contributed by atoms with Crippen LogP contribution in [0, 0.1) is 0 Å². The van der Waals surface area contributed by atoms with Gasteiger partial charge in [0, 0.05) is 23.2 Å². The normalized spacial score (nSPS) is 11.6. The molecule has 0 spiro atoms. The molecule has 1 amide bonds. The Morgan fingerprint density at radius 1 is 0.912 bits per heavy atom. The Kier molecular flexibility index (Phi) is 7.28. The zero-order valence-electron chi connectivity index (χ0n) is 19.7. The zero-order chi connectivity index (χ0) is 23.9. The van der Waals surface area contributed by atoms with E-state index in [4.69, 9.17) is 14.5 Å². The van der Waals surface area contributed by atoms with E-state index in [1.54, 1.807) is 20.3 Å². The van der Waals surface area contributed by atoms with Crippen molar-refractivity contribution in [2.75, 3.05) is 19.5 Å². The second-order valence-electron chi connectivity index (χ2n) is 8.17. The fraction of sp³-hybridized carbons (Fsp3) is 0.214. The largest absolute Gasteiger partial charge is 0.493 e. The molecule has 0 aliphatic carbocycles. The van der Waals surface area contributed by atoms with Gasteiger partial charge < -0.3 is 20.1 Å². The number of hydrogen-bond acceptors (Lipinski definition) is 5. The van der Waals surface area contributed by atoms with Crippen LogP contribution in [-0.4, -0.2) is 31.2 Å². The first kappa shape index (κ1) is 23.1. The van der Waals surface area contributed by atoms with Gasteiger partial charge in [-0.05, 0) is 49.6 Å². The topological polar surface area (TPSA) is 72.5 Å². The molecule has 2 N–H and O–H groups in total. The first-order valence-corrected chi connectivity index (χ1v) is 11.3. The molecule has 174 valence electrons. The monoisotopic (exact) mass is 455 g/mol. The maximum atomic E-state index is 13.3. The van der Waals surface area contributed by atoms with E-state index >= 15 is 0 Å². The average molecular weight is 456 g/mol. The highest BCUT2D eigenvalue weighted by molar-refractivity contribution is 6.07. The lowest BCUT2D eigenvalue weighted by Gasteiger charge is -2.16. The van der Waals surface area contributed by atoms with Crippen LogP contribution in [0.2, 0.25) is 0 Å². The Morgan fingerprint density at radius 3 is 2.41 bits per heavy atom. The number of para-hydroxylation sites is 1. The lowest BCUT2D eigenvalue weighted by molar-refractivity contribution is 0.0940. The van der Waals surface area contributed by atoms with Crippen molar-refractivity contribution in [2.24, 2.45) is 0 Å². The third-order valence-corrected chi connectivity index (χ3v) is 5.70. The zero-order valence-corrected chi connectivity index (χ0v) is 19.7. The molecule has 0 fully saturated rings. The molecule has 1 aromatic heterocycles. The SMILES string of the molecule is COc1ccc(Nc2cc(C(=O)NC(C)CCc3ccccc3)c3ccccc3n2)cc1OC. The van der Waals surface area contributed by atoms with Crippen LogP contribution in [0.15, 0.2) is 78.9 Å². The molecule has 6 nitrogen and oxygen atoms in total. The third kappa shape index (κ3) is 5.46. The van der Waals surface area contributed by atoms with Gasteiger partial charge in [-0.1, -0.05) is 48.5 Å². The van der Waals surface area contributed by atoms with Crippen LogP contribution in [0.1, 0.15) is 29.3 Å². The minimum Gasteiger partial charge on any atom is -0.493 e. The summed E-state index contributed by atoms with van der Waals surface area (Å²) in [5.74, 6) is 1.71. The molecule has 34 heavy (non-hydrogen) atoms. The molecular weight excluding hydrogens is 426 g/mol. The van der Waals surface area contributed by atoms with Crippen LogP contribution in [0.4, 0.5) is 11.5 Å². The van der Waals surface area contributed by atoms with Gasteiger partial charge in [0.2, 0.25) is 0 Å². The van der Waals surface area contributed by atoms with Gasteiger partial charge in [-0.15, -0.1) is 0 Å². The molecular formula is C28H29N3O3. The summed E-state index contributed by atoms with van der Waals surface area (Å²) in [4.78, 5) is 18.0. The molecule has 3 aromatic carbocycles. The van der Waals surface area contributed by atoms with Crippen LogP contribution in [0.3, 0.4) is 0 Å². The van der Waals surface area contributed by atoms with Gasteiger partial charge >= 0.3 is 0 Å². The number of nitrogens with one attached hydrogen (secondary N) is 2. The highest BCUT2D eigenvalue weighted by Gasteiger charge is 2.16. The number of pyridine rings is 1. The molecule has 1 unspecified atom stereocenters. The van der Waals surface area contributed by atoms with Gasteiger partial charge in [-0.25, -0.2) is 4.98 Å². The van der Waals surface area contributed by atoms with Crippen molar-refractivity contribution in [1.29, 1.82) is 0 Å². The number of rotatable bonds is 9. The van der Waals surface area contributed by atoms with Crippen LogP contribution >= 0.6 is 0 Å². The highest BCUT2D eigenvalue weighted by atomic mass is 16.5. The number of aryl methyl sites for hydroxylation is 1. The van der Waals surface area contributed by atoms with Crippen molar-refractivity contribution in [2.45, 2.75) is 25.8 Å². The number of nitrogens with zero attached hydrogens (tertiary/aromatic N) is 1. The summed E-state index contributed by atoms with van der Waals surface area (Å²) in [7, 11) is 3.19. The minimum absolute atomic E-state index is 0.0295. The van der Waals surface area contributed by atoms with Crippen molar-refractivity contribution in [1.82, 2.24) is 10.3 Å². The van der Waals surface area contributed by atoms with Gasteiger partial charge in [0.25, 0.3) is 5.91 Å². The number of ether oxygens (including phenoxy) is 2. The van der Waals surface area contributed by atoms with E-state index in [1.165, 1.54) is 5.56 Å². The van der Waals surface area contributed by atoms with E-state index in [-0.39, 0.29) is 11.9 Å². The second-order valence-corrected chi connectivity index (χ2v) is 8.17. The molecule has 6 heteroatoms. The summed E-state index contributed by atoms with van der Waals surface area (Å²) in [5.41, 5.74) is 3.37.